The molecule has 0 spiro atoms. The lowest BCUT2D eigenvalue weighted by atomic mass is 10.1. The van der Waals surface area contributed by atoms with Gasteiger partial charge in [0, 0.05) is 63.5 Å². The van der Waals surface area contributed by atoms with E-state index >= 15 is 0 Å². The SMILES string of the molecule is Cc1ccccc1C(=O)N(CCN1CCOCC1)CC(=O)N1CCCN(c2ccc(-c3ccc(F)cc3)nn2)CC1. The number of hydrogen-bond donors (Lipinski definition) is 0. The second-order valence-corrected chi connectivity index (χ2v) is 10.5. The van der Waals surface area contributed by atoms with E-state index in [9.17, 15) is 14.0 Å². The molecule has 2 saturated heterocycles. The van der Waals surface area contributed by atoms with Crippen LogP contribution in [0.5, 0.6) is 0 Å². The molecule has 41 heavy (non-hydrogen) atoms. The lowest BCUT2D eigenvalue weighted by Gasteiger charge is -2.31. The van der Waals surface area contributed by atoms with Crippen LogP contribution in [-0.2, 0) is 9.53 Å². The number of aryl methyl sites for hydroxylation is 1. The van der Waals surface area contributed by atoms with Crippen molar-refractivity contribution >= 4 is 17.6 Å². The van der Waals surface area contributed by atoms with Gasteiger partial charge >= 0.3 is 0 Å². The summed E-state index contributed by atoms with van der Waals surface area (Å²) in [6.45, 7) is 8.71. The number of carbonyl (C=O) groups excluding carboxylic acids is 2. The zero-order valence-electron chi connectivity index (χ0n) is 23.5. The Hall–Kier alpha value is -3.89. The van der Waals surface area contributed by atoms with Crippen LogP contribution in [0.3, 0.4) is 0 Å². The summed E-state index contributed by atoms with van der Waals surface area (Å²) in [5.41, 5.74) is 3.01. The van der Waals surface area contributed by atoms with Crippen molar-refractivity contribution in [1.29, 1.82) is 0 Å². The summed E-state index contributed by atoms with van der Waals surface area (Å²) in [5.74, 6) is 0.292. The first-order chi connectivity index (χ1) is 20.0. The largest absolute Gasteiger partial charge is 0.379 e. The topological polar surface area (TPSA) is 82.1 Å². The van der Waals surface area contributed by atoms with E-state index in [1.807, 2.05) is 48.2 Å². The first-order valence-corrected chi connectivity index (χ1v) is 14.3. The number of carbonyl (C=O) groups is 2. The maximum absolute atomic E-state index is 13.6. The summed E-state index contributed by atoms with van der Waals surface area (Å²) >= 11 is 0. The van der Waals surface area contributed by atoms with Crippen LogP contribution in [0.25, 0.3) is 11.3 Å². The smallest absolute Gasteiger partial charge is 0.254 e. The summed E-state index contributed by atoms with van der Waals surface area (Å²) in [4.78, 5) is 35.1. The summed E-state index contributed by atoms with van der Waals surface area (Å²) in [7, 11) is 0. The first-order valence-electron chi connectivity index (χ1n) is 14.3. The Morgan fingerprint density at radius 3 is 2.41 bits per heavy atom. The number of hydrogen-bond acceptors (Lipinski definition) is 7. The maximum Gasteiger partial charge on any atom is 0.254 e. The molecule has 2 fully saturated rings. The molecule has 3 aromatic rings. The molecule has 216 valence electrons. The van der Waals surface area contributed by atoms with E-state index in [0.717, 1.165) is 43.0 Å². The monoisotopic (exact) mass is 560 g/mol. The average molecular weight is 561 g/mol. The van der Waals surface area contributed by atoms with Gasteiger partial charge in [0.15, 0.2) is 5.82 Å². The van der Waals surface area contributed by atoms with Gasteiger partial charge in [-0.05, 0) is 61.4 Å². The Morgan fingerprint density at radius 1 is 0.902 bits per heavy atom. The van der Waals surface area contributed by atoms with Crippen LogP contribution in [0.15, 0.2) is 60.7 Å². The molecule has 10 heteroatoms. The second-order valence-electron chi connectivity index (χ2n) is 10.5. The Kier molecular flexibility index (Phi) is 9.53. The molecule has 0 bridgehead atoms. The molecule has 0 aliphatic carbocycles. The highest BCUT2D eigenvalue weighted by molar-refractivity contribution is 5.97. The quantitative estimate of drug-likeness (QED) is 0.419. The normalized spacial score (nSPS) is 16.3. The predicted molar refractivity (Wildman–Crippen MR) is 155 cm³/mol. The molecule has 1 aromatic heterocycles. The van der Waals surface area contributed by atoms with E-state index in [1.54, 1.807) is 17.0 Å². The fraction of sp³-hybridized carbons (Fsp3) is 0.419. The lowest BCUT2D eigenvalue weighted by molar-refractivity contribution is -0.131. The molecule has 0 unspecified atom stereocenters. The molecular weight excluding hydrogens is 523 g/mol. The molecule has 2 amide bonds. The molecule has 0 radical (unpaired) electrons. The summed E-state index contributed by atoms with van der Waals surface area (Å²) < 4.78 is 18.7. The van der Waals surface area contributed by atoms with E-state index in [-0.39, 0.29) is 24.2 Å². The van der Waals surface area contributed by atoms with Gasteiger partial charge in [0.05, 0.1) is 18.9 Å². The van der Waals surface area contributed by atoms with Crippen molar-refractivity contribution in [3.05, 3.63) is 77.6 Å². The Balaban J connectivity index is 1.21. The van der Waals surface area contributed by atoms with Crippen LogP contribution in [0.1, 0.15) is 22.3 Å². The van der Waals surface area contributed by atoms with E-state index in [0.29, 0.717) is 57.2 Å². The van der Waals surface area contributed by atoms with E-state index < -0.39 is 0 Å². The number of ether oxygens (including phenoxy) is 1. The fourth-order valence-electron chi connectivity index (χ4n) is 5.25. The molecule has 2 aromatic carbocycles. The predicted octanol–water partition coefficient (Wildman–Crippen LogP) is 3.10. The van der Waals surface area contributed by atoms with Crippen LogP contribution in [-0.4, -0.2) is 109 Å². The third kappa shape index (κ3) is 7.45. The zero-order chi connectivity index (χ0) is 28.6. The summed E-state index contributed by atoms with van der Waals surface area (Å²) in [6.07, 6.45) is 0.784. The van der Waals surface area contributed by atoms with Crippen molar-refractivity contribution < 1.29 is 18.7 Å². The molecule has 0 atom stereocenters. The molecular formula is C31H37FN6O3. The van der Waals surface area contributed by atoms with Crippen molar-refractivity contribution in [2.24, 2.45) is 0 Å². The van der Waals surface area contributed by atoms with E-state index in [2.05, 4.69) is 20.0 Å². The van der Waals surface area contributed by atoms with Gasteiger partial charge in [-0.15, -0.1) is 10.2 Å². The lowest BCUT2D eigenvalue weighted by Crippen LogP contribution is -2.48. The Morgan fingerprint density at radius 2 is 1.68 bits per heavy atom. The van der Waals surface area contributed by atoms with Gasteiger partial charge in [0.2, 0.25) is 5.91 Å². The average Bonchev–Trinajstić information content (AvgIpc) is 3.27. The number of benzene rings is 2. The number of aromatic nitrogens is 2. The molecule has 2 aliphatic rings. The number of morpholine rings is 1. The minimum atomic E-state index is -0.290. The van der Waals surface area contributed by atoms with Gasteiger partial charge in [-0.3, -0.25) is 14.5 Å². The molecule has 5 rings (SSSR count). The fourth-order valence-corrected chi connectivity index (χ4v) is 5.25. The molecule has 0 saturated carbocycles. The number of nitrogens with zero attached hydrogens (tertiary/aromatic N) is 6. The second kappa shape index (κ2) is 13.6. The van der Waals surface area contributed by atoms with Gasteiger partial charge in [-0.1, -0.05) is 18.2 Å². The van der Waals surface area contributed by atoms with Crippen LogP contribution in [0.4, 0.5) is 10.2 Å². The van der Waals surface area contributed by atoms with Gasteiger partial charge in [-0.2, -0.15) is 0 Å². The van der Waals surface area contributed by atoms with Crippen molar-refractivity contribution in [2.75, 3.05) is 77.0 Å². The minimum Gasteiger partial charge on any atom is -0.379 e. The highest BCUT2D eigenvalue weighted by atomic mass is 19.1. The van der Waals surface area contributed by atoms with Gasteiger partial charge in [0.1, 0.15) is 12.4 Å². The van der Waals surface area contributed by atoms with Gasteiger partial charge in [0.25, 0.3) is 5.91 Å². The number of halogens is 1. The van der Waals surface area contributed by atoms with Crippen LogP contribution in [0, 0.1) is 12.7 Å². The standard InChI is InChI=1S/C31H37FN6O3/c1-24-5-2-3-6-27(24)31(40)38(16-15-35-19-21-41-22-20-35)23-30(39)37-14-4-13-36(17-18-37)29-12-11-28(33-34-29)25-7-9-26(32)10-8-25/h2-3,5-12H,4,13-23H2,1H3. The first kappa shape index (κ1) is 28.6. The highest BCUT2D eigenvalue weighted by Crippen LogP contribution is 2.20. The number of rotatable bonds is 8. The van der Waals surface area contributed by atoms with E-state index in [1.165, 1.54) is 12.1 Å². The zero-order valence-corrected chi connectivity index (χ0v) is 23.5. The van der Waals surface area contributed by atoms with Crippen molar-refractivity contribution in [1.82, 2.24) is 24.9 Å². The molecule has 3 heterocycles. The number of amides is 2. The van der Waals surface area contributed by atoms with Crippen LogP contribution >= 0.6 is 0 Å². The summed E-state index contributed by atoms with van der Waals surface area (Å²) in [6, 6.07) is 17.5. The third-order valence-electron chi connectivity index (χ3n) is 7.74. The van der Waals surface area contributed by atoms with Gasteiger partial charge < -0.3 is 19.4 Å². The summed E-state index contributed by atoms with van der Waals surface area (Å²) in [5, 5.41) is 8.75. The molecule has 0 N–H and O–H groups in total. The molecule has 9 nitrogen and oxygen atoms in total. The van der Waals surface area contributed by atoms with Crippen molar-refractivity contribution in [2.45, 2.75) is 13.3 Å². The van der Waals surface area contributed by atoms with Crippen LogP contribution in [0.2, 0.25) is 0 Å². The minimum absolute atomic E-state index is 0.0453. The highest BCUT2D eigenvalue weighted by Gasteiger charge is 2.26. The van der Waals surface area contributed by atoms with Crippen LogP contribution < -0.4 is 4.90 Å². The van der Waals surface area contributed by atoms with E-state index in [4.69, 9.17) is 4.74 Å². The third-order valence-corrected chi connectivity index (χ3v) is 7.74. The number of anilines is 1. The maximum atomic E-state index is 13.6. The van der Waals surface area contributed by atoms with Gasteiger partial charge in [-0.25, -0.2) is 4.39 Å². The van der Waals surface area contributed by atoms with Crippen molar-refractivity contribution in [3.8, 4) is 11.3 Å². The Labute approximate surface area is 240 Å². The Bertz CT molecular complexity index is 1310. The van der Waals surface area contributed by atoms with Crippen molar-refractivity contribution in [3.63, 3.8) is 0 Å². The molecule has 2 aliphatic heterocycles.